The van der Waals surface area contributed by atoms with E-state index in [0.29, 0.717) is 0 Å². The van der Waals surface area contributed by atoms with E-state index < -0.39 is 17.4 Å². The molecule has 0 fully saturated rings. The molecule has 51 heavy (non-hydrogen) atoms. The Morgan fingerprint density at radius 3 is 1.41 bits per heavy atom. The van der Waals surface area contributed by atoms with Crippen LogP contribution in [0.5, 0.6) is 0 Å². The quantitative estimate of drug-likeness (QED) is 0.154. The fraction of sp³-hybridized carbons (Fsp3) is 0.224. The molecule has 0 N–H and O–H groups in total. The van der Waals surface area contributed by atoms with Gasteiger partial charge in [-0.3, -0.25) is 0 Å². The Labute approximate surface area is 308 Å². The van der Waals surface area contributed by atoms with E-state index in [1.807, 2.05) is 0 Å². The van der Waals surface area contributed by atoms with Crippen molar-refractivity contribution in [2.75, 3.05) is 0 Å². The Morgan fingerprint density at radius 1 is 0.471 bits per heavy atom. The number of benzene rings is 6. The summed E-state index contributed by atoms with van der Waals surface area (Å²) in [6.45, 7) is 19.1. The standard InChI is InChI=1S/C21H25.C16H13.2C6H5.H2Si.Zr/c1-20(2,3)16-7-9-18-14(12-16)11-15-13-17(21(4,5)6)8-10-19(15)18;1-12-10-14-8-5-9-15(16(14)11-12)13-6-3-2-4-7-13;2*1-2-4-6-5-3-1;;/h7-13H,1-6H3;2-11H,1H3;2*1-5H;1H2;. The molecule has 1 unspecified atom stereocenters. The molecule has 0 nitrogen and oxygen atoms in total. The van der Waals surface area contributed by atoms with Gasteiger partial charge in [0.2, 0.25) is 0 Å². The third-order valence-corrected chi connectivity index (χ3v) is 40.2. The Balaban J connectivity index is 1.57. The van der Waals surface area contributed by atoms with Crippen LogP contribution in [0.2, 0.25) is 0 Å². The summed E-state index contributed by atoms with van der Waals surface area (Å²) >= 11 is -4.83. The second kappa shape index (κ2) is 12.1. The van der Waals surface area contributed by atoms with E-state index in [2.05, 4.69) is 207 Å². The van der Waals surface area contributed by atoms with Gasteiger partial charge in [-0.05, 0) is 0 Å². The normalized spacial score (nSPS) is 16.0. The van der Waals surface area contributed by atoms with Crippen LogP contribution in [0.15, 0.2) is 151 Å². The van der Waals surface area contributed by atoms with Crippen molar-refractivity contribution >= 4 is 19.5 Å². The van der Waals surface area contributed by atoms with Crippen LogP contribution in [-0.4, -0.2) is 6.88 Å². The second-order valence-electron chi connectivity index (χ2n) is 17.4. The van der Waals surface area contributed by atoms with Crippen molar-refractivity contribution in [1.82, 2.24) is 0 Å². The first-order valence-corrected chi connectivity index (χ1v) is 29.8. The van der Waals surface area contributed by atoms with Crippen LogP contribution in [0, 0.1) is 0 Å². The molecule has 2 heteroatoms. The van der Waals surface area contributed by atoms with Gasteiger partial charge < -0.3 is 0 Å². The molecule has 0 bridgehead atoms. The summed E-state index contributed by atoms with van der Waals surface area (Å²) in [6.07, 6.45) is 2.56. The summed E-state index contributed by atoms with van der Waals surface area (Å²) in [5.74, 6) is 0. The number of fused-ring (bicyclic) bond motifs is 4. The molecular formula is C49H50SiZr. The predicted molar refractivity (Wildman–Crippen MR) is 220 cm³/mol. The molecule has 2 aliphatic rings. The van der Waals surface area contributed by atoms with Crippen LogP contribution < -0.4 is 6.54 Å². The van der Waals surface area contributed by atoms with Crippen molar-refractivity contribution < 1.29 is 17.4 Å². The van der Waals surface area contributed by atoms with E-state index in [1.165, 1.54) is 61.2 Å². The van der Waals surface area contributed by atoms with Gasteiger partial charge in [0, 0.05) is 0 Å². The molecule has 0 saturated carbocycles. The molecule has 0 saturated heterocycles. The molecule has 6 aromatic carbocycles. The van der Waals surface area contributed by atoms with Gasteiger partial charge in [0.25, 0.3) is 0 Å². The molecule has 0 aromatic heterocycles. The van der Waals surface area contributed by atoms with Gasteiger partial charge in [-0.1, -0.05) is 0 Å². The van der Waals surface area contributed by atoms with E-state index in [4.69, 9.17) is 0 Å². The van der Waals surface area contributed by atoms with E-state index in [0.717, 1.165) is 0 Å². The van der Waals surface area contributed by atoms with Crippen LogP contribution >= 0.6 is 0 Å². The summed E-state index contributed by atoms with van der Waals surface area (Å²) in [5.41, 5.74) is 15.8. The molecule has 1 atom stereocenters. The first kappa shape index (κ1) is 34.3. The Morgan fingerprint density at radius 2 is 0.941 bits per heavy atom. The van der Waals surface area contributed by atoms with Gasteiger partial charge in [0.1, 0.15) is 0 Å². The van der Waals surface area contributed by atoms with E-state index in [1.54, 1.807) is 6.54 Å². The Kier molecular flexibility index (Phi) is 8.14. The van der Waals surface area contributed by atoms with Gasteiger partial charge in [-0.15, -0.1) is 0 Å². The molecule has 0 spiro atoms. The van der Waals surface area contributed by atoms with Crippen LogP contribution in [0.1, 0.15) is 89.1 Å². The monoisotopic (exact) mass is 756 g/mol. The SMILES string of the molecule is CC1=Cc2c(-c3ccccc3)cccc2[CH]1[Zr](=[SiH2])([c]1ccccc1)([c]1ccccc1)[CH]1c2cc(C(C)(C)C)ccc2-c2ccc(C(C)(C)C)cc21. The first-order valence-electron chi connectivity index (χ1n) is 18.6. The topological polar surface area (TPSA) is 0 Å². The number of allylic oxidation sites excluding steroid dienone is 1. The molecule has 0 radical (unpaired) electrons. The van der Waals surface area contributed by atoms with Crippen molar-refractivity contribution in [3.63, 3.8) is 0 Å². The molecule has 8 rings (SSSR count). The third-order valence-electron chi connectivity index (χ3n) is 12.3. The van der Waals surface area contributed by atoms with E-state index in [-0.39, 0.29) is 18.1 Å². The Hall–Kier alpha value is -3.84. The van der Waals surface area contributed by atoms with Crippen LogP contribution in [-0.2, 0) is 28.2 Å². The molecule has 0 heterocycles. The van der Waals surface area contributed by atoms with Crippen LogP contribution in [0.4, 0.5) is 0 Å². The average Bonchev–Trinajstić information content (AvgIpc) is 3.66. The number of hydrogen-bond acceptors (Lipinski definition) is 0. The van der Waals surface area contributed by atoms with Crippen molar-refractivity contribution in [2.45, 2.75) is 66.5 Å². The van der Waals surface area contributed by atoms with Gasteiger partial charge in [0.05, 0.1) is 0 Å². The van der Waals surface area contributed by atoms with Crippen molar-refractivity contribution in [2.24, 2.45) is 0 Å². The maximum absolute atomic E-state index is 4.83. The van der Waals surface area contributed by atoms with Crippen molar-refractivity contribution in [1.29, 1.82) is 0 Å². The van der Waals surface area contributed by atoms with Crippen LogP contribution in [0.3, 0.4) is 0 Å². The molecule has 2 aliphatic carbocycles. The number of hydrogen-bond donors (Lipinski definition) is 0. The summed E-state index contributed by atoms with van der Waals surface area (Å²) in [5, 5.41) is 0. The third kappa shape index (κ3) is 5.15. The van der Waals surface area contributed by atoms with E-state index in [9.17, 15) is 0 Å². The predicted octanol–water partition coefficient (Wildman–Crippen LogP) is 11.1. The fourth-order valence-corrected chi connectivity index (χ4v) is 38.0. The summed E-state index contributed by atoms with van der Waals surface area (Å²) in [7, 11) is 0. The summed E-state index contributed by atoms with van der Waals surface area (Å²) in [4.78, 5) is 0. The van der Waals surface area contributed by atoms with Gasteiger partial charge in [0.15, 0.2) is 0 Å². The zero-order valence-electron chi connectivity index (χ0n) is 31.3. The van der Waals surface area contributed by atoms with E-state index >= 15 is 0 Å². The zero-order valence-corrected chi connectivity index (χ0v) is 35.2. The van der Waals surface area contributed by atoms with Crippen molar-refractivity contribution in [3.8, 4) is 22.3 Å². The molecule has 0 amide bonds. The molecule has 254 valence electrons. The average molecular weight is 758 g/mol. The zero-order chi connectivity index (χ0) is 35.8. The molecule has 6 aromatic rings. The molecule has 0 aliphatic heterocycles. The fourth-order valence-electron chi connectivity index (χ4n) is 9.87. The minimum atomic E-state index is -4.83. The molecular weight excluding hydrogens is 708 g/mol. The van der Waals surface area contributed by atoms with Gasteiger partial charge >= 0.3 is 310 Å². The number of rotatable bonds is 5. The second-order valence-corrected chi connectivity index (χ2v) is 40.1. The van der Waals surface area contributed by atoms with Crippen LogP contribution in [0.25, 0.3) is 28.3 Å². The summed E-state index contributed by atoms with van der Waals surface area (Å²) < 4.78 is 3.63. The first-order chi connectivity index (χ1) is 24.3. The maximum atomic E-state index is 2.62. The minimum absolute atomic E-state index is 0.0338. The Bertz CT molecular complexity index is 2280. The van der Waals surface area contributed by atoms with Crippen molar-refractivity contribution in [3.05, 3.63) is 185 Å². The van der Waals surface area contributed by atoms with Gasteiger partial charge in [-0.25, -0.2) is 0 Å². The summed E-state index contributed by atoms with van der Waals surface area (Å²) in [6, 6.07) is 56.8. The van der Waals surface area contributed by atoms with Gasteiger partial charge in [-0.2, -0.15) is 0 Å².